The molecule has 2 aliphatic rings. The van der Waals surface area contributed by atoms with Crippen LogP contribution in [0.2, 0.25) is 0 Å². The molecule has 5 heteroatoms. The third-order valence-corrected chi connectivity index (χ3v) is 6.76. The van der Waals surface area contributed by atoms with Gasteiger partial charge in [0, 0.05) is 18.6 Å². The van der Waals surface area contributed by atoms with Gasteiger partial charge in [-0.25, -0.2) is 4.98 Å². The largest absolute Gasteiger partial charge is 0.465 e. The van der Waals surface area contributed by atoms with Crippen molar-refractivity contribution in [3.63, 3.8) is 0 Å². The van der Waals surface area contributed by atoms with E-state index in [2.05, 4.69) is 34.7 Å². The molecular weight excluding hydrogens is 348 g/mol. The SMILES string of the molecule is Cc1cc(CN2CCCC23CCN(c2cnc4ccccc4n2)CC3)oc1C. The smallest absolute Gasteiger partial charge is 0.147 e. The molecule has 2 fully saturated rings. The maximum atomic E-state index is 5.97. The molecular formula is C23H28N4O. The van der Waals surface area contributed by atoms with Crippen molar-refractivity contribution in [1.29, 1.82) is 0 Å². The topological polar surface area (TPSA) is 45.4 Å². The fraction of sp³-hybridized carbons (Fsp3) is 0.478. The zero-order valence-electron chi connectivity index (χ0n) is 16.8. The summed E-state index contributed by atoms with van der Waals surface area (Å²) in [4.78, 5) is 14.5. The van der Waals surface area contributed by atoms with Gasteiger partial charge in [-0.15, -0.1) is 0 Å². The number of benzene rings is 1. The zero-order valence-corrected chi connectivity index (χ0v) is 16.8. The highest BCUT2D eigenvalue weighted by Crippen LogP contribution is 2.40. The van der Waals surface area contributed by atoms with Gasteiger partial charge in [-0.05, 0) is 69.8 Å². The van der Waals surface area contributed by atoms with Gasteiger partial charge in [0.25, 0.3) is 0 Å². The van der Waals surface area contributed by atoms with Crippen LogP contribution in [0, 0.1) is 13.8 Å². The number of likely N-dealkylation sites (tertiary alicyclic amines) is 1. The van der Waals surface area contributed by atoms with Gasteiger partial charge >= 0.3 is 0 Å². The number of aromatic nitrogens is 2. The van der Waals surface area contributed by atoms with Crippen molar-refractivity contribution in [2.24, 2.45) is 0 Å². The van der Waals surface area contributed by atoms with E-state index in [0.717, 1.165) is 48.0 Å². The van der Waals surface area contributed by atoms with E-state index in [0.29, 0.717) is 5.54 Å². The summed E-state index contributed by atoms with van der Waals surface area (Å²) in [6, 6.07) is 10.3. The van der Waals surface area contributed by atoms with Crippen LogP contribution in [0.25, 0.3) is 11.0 Å². The molecule has 2 aliphatic heterocycles. The van der Waals surface area contributed by atoms with Crippen molar-refractivity contribution in [2.45, 2.75) is 51.6 Å². The van der Waals surface area contributed by atoms with Crippen LogP contribution >= 0.6 is 0 Å². The van der Waals surface area contributed by atoms with E-state index in [9.17, 15) is 0 Å². The maximum Gasteiger partial charge on any atom is 0.147 e. The number of hydrogen-bond acceptors (Lipinski definition) is 5. The Labute approximate surface area is 166 Å². The lowest BCUT2D eigenvalue weighted by atomic mass is 9.85. The average molecular weight is 377 g/mol. The van der Waals surface area contributed by atoms with Gasteiger partial charge in [-0.3, -0.25) is 9.88 Å². The van der Waals surface area contributed by atoms with Crippen LogP contribution in [-0.4, -0.2) is 40.0 Å². The first kappa shape index (κ1) is 17.7. The van der Waals surface area contributed by atoms with Gasteiger partial charge in [-0.2, -0.15) is 0 Å². The predicted octanol–water partition coefficient (Wildman–Crippen LogP) is 4.47. The predicted molar refractivity (Wildman–Crippen MR) is 112 cm³/mol. The van der Waals surface area contributed by atoms with Crippen LogP contribution in [0.3, 0.4) is 0 Å². The summed E-state index contributed by atoms with van der Waals surface area (Å²) in [5.41, 5.74) is 3.51. The lowest BCUT2D eigenvalue weighted by molar-refractivity contribution is 0.0919. The van der Waals surface area contributed by atoms with Crippen molar-refractivity contribution in [3.8, 4) is 0 Å². The standard InChI is InChI=1S/C23H28N4O/c1-17-14-19(28-18(17)2)16-27-11-5-8-23(27)9-12-26(13-10-23)22-15-24-20-6-3-4-7-21(20)25-22/h3-4,6-7,14-15H,5,8-13,16H2,1-2H3. The summed E-state index contributed by atoms with van der Waals surface area (Å²) in [6.45, 7) is 8.38. The molecule has 0 radical (unpaired) electrons. The Morgan fingerprint density at radius 2 is 1.82 bits per heavy atom. The first-order valence-electron chi connectivity index (χ1n) is 10.4. The van der Waals surface area contributed by atoms with Crippen molar-refractivity contribution >= 4 is 16.9 Å². The molecule has 2 saturated heterocycles. The number of fused-ring (bicyclic) bond motifs is 1. The molecule has 0 saturated carbocycles. The number of aryl methyl sites for hydroxylation is 2. The number of para-hydroxylation sites is 2. The lowest BCUT2D eigenvalue weighted by Gasteiger charge is -2.45. The van der Waals surface area contributed by atoms with Crippen LogP contribution in [0.4, 0.5) is 5.82 Å². The van der Waals surface area contributed by atoms with Crippen molar-refractivity contribution in [1.82, 2.24) is 14.9 Å². The van der Waals surface area contributed by atoms with Gasteiger partial charge in [0.1, 0.15) is 17.3 Å². The minimum absolute atomic E-state index is 0.315. The Hall–Kier alpha value is -2.40. The molecule has 1 spiro atoms. The molecule has 5 nitrogen and oxygen atoms in total. The van der Waals surface area contributed by atoms with E-state index >= 15 is 0 Å². The second-order valence-corrected chi connectivity index (χ2v) is 8.41. The van der Waals surface area contributed by atoms with Crippen LogP contribution in [-0.2, 0) is 6.54 Å². The Balaban J connectivity index is 1.30. The van der Waals surface area contributed by atoms with Gasteiger partial charge in [0.15, 0.2) is 0 Å². The highest BCUT2D eigenvalue weighted by molar-refractivity contribution is 5.75. The zero-order chi connectivity index (χ0) is 19.1. The molecule has 0 bridgehead atoms. The van der Waals surface area contributed by atoms with Crippen LogP contribution < -0.4 is 4.90 Å². The molecule has 0 atom stereocenters. The fourth-order valence-corrected chi connectivity index (χ4v) is 4.97. The van der Waals surface area contributed by atoms with Gasteiger partial charge in [0.05, 0.1) is 23.8 Å². The maximum absolute atomic E-state index is 5.97. The Morgan fingerprint density at radius 1 is 1.04 bits per heavy atom. The molecule has 0 N–H and O–H groups in total. The van der Waals surface area contributed by atoms with Crippen LogP contribution in [0.1, 0.15) is 42.8 Å². The lowest BCUT2D eigenvalue weighted by Crippen LogP contribution is -2.52. The van der Waals surface area contributed by atoms with E-state index < -0.39 is 0 Å². The number of hydrogen-bond donors (Lipinski definition) is 0. The number of anilines is 1. The van der Waals surface area contributed by atoms with Crippen molar-refractivity contribution in [3.05, 3.63) is 53.6 Å². The monoisotopic (exact) mass is 376 g/mol. The van der Waals surface area contributed by atoms with Gasteiger partial charge in [0.2, 0.25) is 0 Å². The molecule has 2 aromatic heterocycles. The summed E-state index contributed by atoms with van der Waals surface area (Å²) in [7, 11) is 0. The molecule has 28 heavy (non-hydrogen) atoms. The summed E-state index contributed by atoms with van der Waals surface area (Å²) < 4.78 is 5.97. The second-order valence-electron chi connectivity index (χ2n) is 8.41. The minimum Gasteiger partial charge on any atom is -0.465 e. The second kappa shape index (κ2) is 6.89. The van der Waals surface area contributed by atoms with E-state index in [1.54, 1.807) is 0 Å². The Morgan fingerprint density at radius 3 is 2.57 bits per heavy atom. The first-order valence-corrected chi connectivity index (χ1v) is 10.4. The molecule has 0 unspecified atom stereocenters. The van der Waals surface area contributed by atoms with Crippen LogP contribution in [0.5, 0.6) is 0 Å². The number of piperidine rings is 1. The Bertz CT molecular complexity index is 968. The van der Waals surface area contributed by atoms with Crippen LogP contribution in [0.15, 0.2) is 40.9 Å². The molecule has 0 aliphatic carbocycles. The molecule has 5 rings (SSSR count). The number of furan rings is 1. The third kappa shape index (κ3) is 3.08. The van der Waals surface area contributed by atoms with Gasteiger partial charge in [-0.1, -0.05) is 12.1 Å². The summed E-state index contributed by atoms with van der Waals surface area (Å²) >= 11 is 0. The van der Waals surface area contributed by atoms with Crippen molar-refractivity contribution in [2.75, 3.05) is 24.5 Å². The molecule has 4 heterocycles. The number of rotatable bonds is 3. The highest BCUT2D eigenvalue weighted by Gasteiger charge is 2.43. The highest BCUT2D eigenvalue weighted by atomic mass is 16.3. The number of nitrogens with zero attached hydrogens (tertiary/aromatic N) is 4. The Kier molecular flexibility index (Phi) is 4.35. The summed E-state index contributed by atoms with van der Waals surface area (Å²) in [5, 5.41) is 0. The van der Waals surface area contributed by atoms with Gasteiger partial charge < -0.3 is 9.32 Å². The molecule has 146 valence electrons. The summed E-state index contributed by atoms with van der Waals surface area (Å²) in [5.74, 6) is 3.17. The fourth-order valence-electron chi connectivity index (χ4n) is 4.97. The average Bonchev–Trinajstić information content (AvgIpc) is 3.24. The van der Waals surface area contributed by atoms with E-state index in [4.69, 9.17) is 9.40 Å². The minimum atomic E-state index is 0.315. The van der Waals surface area contributed by atoms with Crippen molar-refractivity contribution < 1.29 is 4.42 Å². The van der Waals surface area contributed by atoms with E-state index in [1.807, 2.05) is 30.5 Å². The molecule has 3 aromatic rings. The molecule has 1 aromatic carbocycles. The summed E-state index contributed by atoms with van der Waals surface area (Å²) in [6.07, 6.45) is 6.87. The first-order chi connectivity index (χ1) is 13.6. The quantitative estimate of drug-likeness (QED) is 0.675. The third-order valence-electron chi connectivity index (χ3n) is 6.76. The van der Waals surface area contributed by atoms with E-state index in [-0.39, 0.29) is 0 Å². The molecule has 0 amide bonds. The normalized spacial score (nSPS) is 19.7. The van der Waals surface area contributed by atoms with E-state index in [1.165, 1.54) is 37.8 Å².